The molecule has 38 heavy (non-hydrogen) atoms. The number of nitrogens with one attached hydrogen (secondary N) is 1. The van der Waals surface area contributed by atoms with Crippen LogP contribution in [0.3, 0.4) is 0 Å². The van der Waals surface area contributed by atoms with Crippen LogP contribution >= 0.6 is 0 Å². The molecule has 5 rings (SSSR count). The number of aliphatic hydroxyl groups is 1. The lowest BCUT2D eigenvalue weighted by Crippen LogP contribution is -2.31. The molecule has 2 N–H and O–H groups in total. The second kappa shape index (κ2) is 10.9. The molecule has 8 nitrogen and oxygen atoms in total. The molecule has 2 aromatic heterocycles. The zero-order valence-corrected chi connectivity index (χ0v) is 21.1. The van der Waals surface area contributed by atoms with Crippen molar-refractivity contribution < 1.29 is 19.0 Å². The van der Waals surface area contributed by atoms with E-state index < -0.39 is 18.2 Å². The Morgan fingerprint density at radius 2 is 1.87 bits per heavy atom. The minimum Gasteiger partial charge on any atom is -0.458 e. The highest BCUT2D eigenvalue weighted by atomic mass is 19.1. The van der Waals surface area contributed by atoms with Crippen molar-refractivity contribution in [3.63, 3.8) is 0 Å². The molecule has 1 saturated heterocycles. The molecular formula is C29H28FN5O3. The number of hydrogen-bond donors (Lipinski definition) is 2. The predicted molar refractivity (Wildman–Crippen MR) is 143 cm³/mol. The van der Waals surface area contributed by atoms with E-state index in [0.717, 1.165) is 17.1 Å². The Bertz CT molecular complexity index is 1450. The SMILES string of the molecule is CC(C)c1nc(-c2ccnc(Nc3ccccc3)n2)c(-c2ccc(F)cc2)n1C=CC1CC(O)CC(=O)O1. The molecule has 0 spiro atoms. The second-order valence-corrected chi connectivity index (χ2v) is 9.42. The van der Waals surface area contributed by atoms with Crippen molar-refractivity contribution in [1.82, 2.24) is 19.5 Å². The number of imidazole rings is 1. The van der Waals surface area contributed by atoms with E-state index in [1.807, 2.05) is 48.7 Å². The number of hydrogen-bond acceptors (Lipinski definition) is 7. The van der Waals surface area contributed by atoms with E-state index in [1.54, 1.807) is 36.7 Å². The molecule has 194 valence electrons. The molecule has 2 atom stereocenters. The van der Waals surface area contributed by atoms with Gasteiger partial charge in [-0.15, -0.1) is 0 Å². The van der Waals surface area contributed by atoms with Crippen LogP contribution < -0.4 is 5.32 Å². The minimum absolute atomic E-state index is 0.00923. The number of cyclic esters (lactones) is 1. The predicted octanol–water partition coefficient (Wildman–Crippen LogP) is 5.55. The fourth-order valence-electron chi connectivity index (χ4n) is 4.38. The van der Waals surface area contributed by atoms with Crippen molar-refractivity contribution in [3.8, 4) is 22.6 Å². The van der Waals surface area contributed by atoms with Gasteiger partial charge in [-0.3, -0.25) is 4.79 Å². The van der Waals surface area contributed by atoms with Gasteiger partial charge in [0.25, 0.3) is 0 Å². The lowest BCUT2D eigenvalue weighted by atomic mass is 10.1. The highest BCUT2D eigenvalue weighted by molar-refractivity contribution is 5.80. The maximum absolute atomic E-state index is 13.8. The molecule has 2 unspecified atom stereocenters. The summed E-state index contributed by atoms with van der Waals surface area (Å²) < 4.78 is 21.2. The normalized spacial score (nSPS) is 17.7. The Balaban J connectivity index is 1.61. The van der Waals surface area contributed by atoms with Crippen LogP contribution in [0.15, 0.2) is 72.9 Å². The quantitative estimate of drug-likeness (QED) is 0.312. The summed E-state index contributed by atoms with van der Waals surface area (Å²) in [4.78, 5) is 25.9. The molecule has 1 aliphatic rings. The number of rotatable bonds is 7. The minimum atomic E-state index is -0.748. The fourth-order valence-corrected chi connectivity index (χ4v) is 4.38. The van der Waals surface area contributed by atoms with Crippen LogP contribution in [0.1, 0.15) is 38.4 Å². The van der Waals surface area contributed by atoms with Crippen molar-refractivity contribution in [2.75, 3.05) is 5.32 Å². The molecule has 9 heteroatoms. The molecule has 1 aliphatic heterocycles. The number of benzene rings is 2. The number of ether oxygens (including phenoxy) is 1. The number of para-hydroxylation sites is 1. The van der Waals surface area contributed by atoms with Crippen LogP contribution in [-0.2, 0) is 9.53 Å². The number of anilines is 2. The number of halogens is 1. The Morgan fingerprint density at radius 1 is 1.11 bits per heavy atom. The molecule has 1 fully saturated rings. The lowest BCUT2D eigenvalue weighted by molar-refractivity contribution is -0.156. The summed E-state index contributed by atoms with van der Waals surface area (Å²) in [7, 11) is 0. The molecule has 0 amide bonds. The third-order valence-corrected chi connectivity index (χ3v) is 6.14. The number of aromatic nitrogens is 4. The first-order valence-electron chi connectivity index (χ1n) is 12.5. The number of esters is 1. The molecule has 0 saturated carbocycles. The van der Waals surface area contributed by atoms with Gasteiger partial charge in [0.2, 0.25) is 5.95 Å². The topological polar surface area (TPSA) is 102 Å². The number of carbonyl (C=O) groups excluding carboxylic acids is 1. The van der Waals surface area contributed by atoms with Crippen LogP contribution in [0.4, 0.5) is 16.0 Å². The molecule has 0 radical (unpaired) electrons. The molecule has 3 heterocycles. The van der Waals surface area contributed by atoms with Crippen molar-refractivity contribution in [2.24, 2.45) is 0 Å². The smallest absolute Gasteiger partial charge is 0.309 e. The lowest BCUT2D eigenvalue weighted by Gasteiger charge is -2.23. The van der Waals surface area contributed by atoms with E-state index >= 15 is 0 Å². The first-order chi connectivity index (χ1) is 18.4. The first-order valence-corrected chi connectivity index (χ1v) is 12.5. The van der Waals surface area contributed by atoms with E-state index in [1.165, 1.54) is 12.1 Å². The van der Waals surface area contributed by atoms with Gasteiger partial charge in [-0.25, -0.2) is 19.3 Å². The standard InChI is InChI=1S/C29H28FN5O3/c1-18(2)28-34-26(24-12-14-31-29(33-24)32-21-6-4-3-5-7-21)27(19-8-10-20(30)11-9-19)35(28)15-13-23-16-22(36)17-25(37)38-23/h3-15,18,22-23,36H,16-17H2,1-2H3,(H,31,32,33). The fraction of sp³-hybridized carbons (Fsp3) is 0.241. The Kier molecular flexibility index (Phi) is 7.28. The molecule has 2 aromatic carbocycles. The summed E-state index contributed by atoms with van der Waals surface area (Å²) in [6, 6.07) is 17.6. The summed E-state index contributed by atoms with van der Waals surface area (Å²) in [5.41, 5.74) is 3.48. The van der Waals surface area contributed by atoms with E-state index in [9.17, 15) is 14.3 Å². The Morgan fingerprint density at radius 3 is 2.58 bits per heavy atom. The van der Waals surface area contributed by atoms with Gasteiger partial charge in [0.15, 0.2) is 0 Å². The van der Waals surface area contributed by atoms with E-state index in [4.69, 9.17) is 14.7 Å². The molecule has 0 aliphatic carbocycles. The first kappa shape index (κ1) is 25.3. The third-order valence-electron chi connectivity index (χ3n) is 6.14. The summed E-state index contributed by atoms with van der Waals surface area (Å²) in [6.45, 7) is 4.05. The average molecular weight is 514 g/mol. The van der Waals surface area contributed by atoms with Gasteiger partial charge in [-0.1, -0.05) is 32.0 Å². The maximum Gasteiger partial charge on any atom is 0.309 e. The van der Waals surface area contributed by atoms with Crippen LogP contribution in [0.5, 0.6) is 0 Å². The van der Waals surface area contributed by atoms with Crippen molar-refractivity contribution in [2.45, 2.75) is 44.8 Å². The Hall–Kier alpha value is -4.37. The van der Waals surface area contributed by atoms with Gasteiger partial charge in [0.1, 0.15) is 23.4 Å². The second-order valence-electron chi connectivity index (χ2n) is 9.42. The number of nitrogens with zero attached hydrogens (tertiary/aromatic N) is 4. The highest BCUT2D eigenvalue weighted by Crippen LogP contribution is 2.35. The molecule has 0 bridgehead atoms. The van der Waals surface area contributed by atoms with Crippen molar-refractivity contribution in [1.29, 1.82) is 0 Å². The van der Waals surface area contributed by atoms with Crippen LogP contribution in [-0.4, -0.2) is 42.8 Å². The zero-order chi connectivity index (χ0) is 26.6. The number of carbonyl (C=O) groups is 1. The summed E-state index contributed by atoms with van der Waals surface area (Å²) in [6.07, 6.45) is 4.19. The van der Waals surface area contributed by atoms with Crippen LogP contribution in [0.25, 0.3) is 28.8 Å². The van der Waals surface area contributed by atoms with Crippen LogP contribution in [0, 0.1) is 5.82 Å². The summed E-state index contributed by atoms with van der Waals surface area (Å²) >= 11 is 0. The Labute approximate surface area is 219 Å². The summed E-state index contributed by atoms with van der Waals surface area (Å²) in [5, 5.41) is 13.2. The van der Waals surface area contributed by atoms with E-state index in [0.29, 0.717) is 29.5 Å². The monoisotopic (exact) mass is 513 g/mol. The van der Waals surface area contributed by atoms with Crippen molar-refractivity contribution >= 4 is 23.8 Å². The van der Waals surface area contributed by atoms with E-state index in [-0.39, 0.29) is 18.2 Å². The van der Waals surface area contributed by atoms with Crippen molar-refractivity contribution in [3.05, 3.63) is 84.6 Å². The average Bonchev–Trinajstić information content (AvgIpc) is 3.28. The van der Waals surface area contributed by atoms with Gasteiger partial charge in [-0.2, -0.15) is 0 Å². The largest absolute Gasteiger partial charge is 0.458 e. The summed E-state index contributed by atoms with van der Waals surface area (Å²) in [5.74, 6) is 0.399. The highest BCUT2D eigenvalue weighted by Gasteiger charge is 2.26. The van der Waals surface area contributed by atoms with Gasteiger partial charge in [-0.05, 0) is 48.5 Å². The van der Waals surface area contributed by atoms with Gasteiger partial charge in [0, 0.05) is 36.0 Å². The van der Waals surface area contributed by atoms with Gasteiger partial charge in [0.05, 0.1) is 23.9 Å². The third kappa shape index (κ3) is 5.63. The maximum atomic E-state index is 13.8. The molecule has 4 aromatic rings. The van der Waals surface area contributed by atoms with Gasteiger partial charge < -0.3 is 19.7 Å². The van der Waals surface area contributed by atoms with E-state index in [2.05, 4.69) is 10.3 Å². The van der Waals surface area contributed by atoms with Crippen LogP contribution in [0.2, 0.25) is 0 Å². The zero-order valence-electron chi connectivity index (χ0n) is 21.1. The van der Waals surface area contributed by atoms with Gasteiger partial charge >= 0.3 is 5.97 Å². The molecular weight excluding hydrogens is 485 g/mol. The number of aliphatic hydroxyl groups excluding tert-OH is 1.